The van der Waals surface area contributed by atoms with Crippen LogP contribution in [0.1, 0.15) is 16.2 Å². The summed E-state index contributed by atoms with van der Waals surface area (Å²) >= 11 is 0. The van der Waals surface area contributed by atoms with Gasteiger partial charge in [0.1, 0.15) is 5.76 Å². The van der Waals surface area contributed by atoms with Gasteiger partial charge in [-0.2, -0.15) is 5.10 Å². The molecule has 2 heterocycles. The van der Waals surface area contributed by atoms with Gasteiger partial charge in [-0.3, -0.25) is 14.3 Å². The second-order valence-electron chi connectivity index (χ2n) is 5.06. The van der Waals surface area contributed by atoms with Crippen LogP contribution in [-0.2, 0) is 13.6 Å². The summed E-state index contributed by atoms with van der Waals surface area (Å²) in [6.07, 6.45) is 1.54. The molecule has 6 nitrogen and oxygen atoms in total. The molecule has 0 saturated heterocycles. The Balaban J connectivity index is 2.01. The van der Waals surface area contributed by atoms with Crippen molar-refractivity contribution in [3.8, 4) is 0 Å². The molecule has 1 amide bonds. The highest BCUT2D eigenvalue weighted by Crippen LogP contribution is 2.10. The van der Waals surface area contributed by atoms with Gasteiger partial charge in [0, 0.05) is 19.5 Å². The number of hydrogen-bond acceptors (Lipinski definition) is 4. The molecule has 0 aliphatic rings. The number of carbonyl (C=O) groups excluding carboxylic acids is 1. The van der Waals surface area contributed by atoms with E-state index in [0.29, 0.717) is 16.7 Å². The lowest BCUT2D eigenvalue weighted by Crippen LogP contribution is -2.33. The Hall–Kier alpha value is -2.89. The summed E-state index contributed by atoms with van der Waals surface area (Å²) in [6, 6.07) is 10.6. The van der Waals surface area contributed by atoms with Crippen LogP contribution in [0.3, 0.4) is 0 Å². The largest absolute Gasteiger partial charge is 0.467 e. The third-order valence-corrected chi connectivity index (χ3v) is 3.48. The highest BCUT2D eigenvalue weighted by Gasteiger charge is 2.20. The highest BCUT2D eigenvalue weighted by molar-refractivity contribution is 5.95. The zero-order chi connectivity index (χ0) is 15.7. The number of aromatic nitrogens is 2. The van der Waals surface area contributed by atoms with E-state index in [-0.39, 0.29) is 17.7 Å². The van der Waals surface area contributed by atoms with E-state index in [9.17, 15) is 9.59 Å². The van der Waals surface area contributed by atoms with E-state index in [1.54, 1.807) is 55.4 Å². The molecular formula is C16H15N3O3. The fraction of sp³-hybridized carbons (Fsp3) is 0.188. The number of aryl methyl sites for hydroxylation is 1. The van der Waals surface area contributed by atoms with Crippen molar-refractivity contribution < 1.29 is 9.21 Å². The average molecular weight is 297 g/mol. The summed E-state index contributed by atoms with van der Waals surface area (Å²) in [7, 11) is 3.33. The molecule has 0 bridgehead atoms. The smallest absolute Gasteiger partial charge is 0.278 e. The SMILES string of the molecule is CN(Cc1ccco1)C(=O)c1nn(C)c2ccccc2c1=O. The number of hydrogen-bond donors (Lipinski definition) is 0. The number of benzene rings is 1. The zero-order valence-electron chi connectivity index (χ0n) is 12.3. The summed E-state index contributed by atoms with van der Waals surface area (Å²) in [5.41, 5.74) is 0.248. The Kier molecular flexibility index (Phi) is 3.50. The van der Waals surface area contributed by atoms with Gasteiger partial charge in [-0.15, -0.1) is 0 Å². The normalized spacial score (nSPS) is 10.8. The third kappa shape index (κ3) is 2.39. The van der Waals surface area contributed by atoms with Crippen LogP contribution in [0, 0.1) is 0 Å². The Morgan fingerprint density at radius 3 is 2.77 bits per heavy atom. The molecule has 3 rings (SSSR count). The van der Waals surface area contributed by atoms with Crippen LogP contribution in [0.5, 0.6) is 0 Å². The molecule has 0 aliphatic carbocycles. The van der Waals surface area contributed by atoms with E-state index in [2.05, 4.69) is 5.10 Å². The van der Waals surface area contributed by atoms with Crippen molar-refractivity contribution in [1.82, 2.24) is 14.7 Å². The molecule has 22 heavy (non-hydrogen) atoms. The van der Waals surface area contributed by atoms with E-state index in [4.69, 9.17) is 4.42 Å². The average Bonchev–Trinajstić information content (AvgIpc) is 3.03. The molecule has 0 radical (unpaired) electrons. The molecular weight excluding hydrogens is 282 g/mol. The number of carbonyl (C=O) groups is 1. The molecule has 0 saturated carbocycles. The van der Waals surface area contributed by atoms with Gasteiger partial charge in [0.05, 0.1) is 18.3 Å². The van der Waals surface area contributed by atoms with Gasteiger partial charge in [-0.1, -0.05) is 12.1 Å². The summed E-state index contributed by atoms with van der Waals surface area (Å²) in [5.74, 6) is 0.219. The topological polar surface area (TPSA) is 68.3 Å². The molecule has 0 aliphatic heterocycles. The monoisotopic (exact) mass is 297 g/mol. The van der Waals surface area contributed by atoms with Crippen molar-refractivity contribution in [1.29, 1.82) is 0 Å². The fourth-order valence-electron chi connectivity index (χ4n) is 2.35. The van der Waals surface area contributed by atoms with Crippen molar-refractivity contribution in [3.05, 3.63) is 64.3 Å². The van der Waals surface area contributed by atoms with Gasteiger partial charge in [-0.05, 0) is 24.3 Å². The Bertz CT molecular complexity index is 881. The standard InChI is InChI=1S/C16H15N3O3/c1-18(10-11-6-5-9-22-11)16(21)14-15(20)12-7-3-4-8-13(12)19(2)17-14/h3-9H,10H2,1-2H3. The van der Waals surface area contributed by atoms with Crippen molar-refractivity contribution in [2.45, 2.75) is 6.54 Å². The minimum Gasteiger partial charge on any atom is -0.467 e. The van der Waals surface area contributed by atoms with Gasteiger partial charge in [0.25, 0.3) is 5.91 Å². The number of amides is 1. The maximum Gasteiger partial charge on any atom is 0.278 e. The quantitative estimate of drug-likeness (QED) is 0.739. The van der Waals surface area contributed by atoms with Crippen molar-refractivity contribution in [2.75, 3.05) is 7.05 Å². The molecule has 6 heteroatoms. The summed E-state index contributed by atoms with van der Waals surface area (Å²) in [5, 5.41) is 4.61. The lowest BCUT2D eigenvalue weighted by molar-refractivity contribution is 0.0766. The van der Waals surface area contributed by atoms with Gasteiger partial charge in [-0.25, -0.2) is 0 Å². The molecule has 0 unspecified atom stereocenters. The first-order valence-corrected chi connectivity index (χ1v) is 6.82. The van der Waals surface area contributed by atoms with Crippen LogP contribution in [-0.4, -0.2) is 27.6 Å². The number of nitrogens with zero attached hydrogens (tertiary/aromatic N) is 3. The maximum absolute atomic E-state index is 12.5. The number of furan rings is 1. The van der Waals surface area contributed by atoms with Crippen LogP contribution < -0.4 is 5.43 Å². The van der Waals surface area contributed by atoms with Gasteiger partial charge >= 0.3 is 0 Å². The van der Waals surface area contributed by atoms with E-state index in [1.165, 1.54) is 4.90 Å². The second kappa shape index (κ2) is 5.48. The maximum atomic E-state index is 12.5. The molecule has 1 aromatic carbocycles. The van der Waals surface area contributed by atoms with Gasteiger partial charge in [0.15, 0.2) is 5.69 Å². The molecule has 0 atom stereocenters. The van der Waals surface area contributed by atoms with Crippen LogP contribution in [0.15, 0.2) is 51.9 Å². The second-order valence-corrected chi connectivity index (χ2v) is 5.06. The summed E-state index contributed by atoms with van der Waals surface area (Å²) in [6.45, 7) is 0.281. The molecule has 0 N–H and O–H groups in total. The predicted octanol–water partition coefficient (Wildman–Crippen LogP) is 1.80. The Morgan fingerprint density at radius 1 is 1.27 bits per heavy atom. The number of rotatable bonds is 3. The lowest BCUT2D eigenvalue weighted by Gasteiger charge is -2.15. The fourth-order valence-corrected chi connectivity index (χ4v) is 2.35. The highest BCUT2D eigenvalue weighted by atomic mass is 16.3. The third-order valence-electron chi connectivity index (χ3n) is 3.48. The lowest BCUT2D eigenvalue weighted by atomic mass is 10.2. The molecule has 2 aromatic heterocycles. The number of para-hydroxylation sites is 1. The van der Waals surface area contributed by atoms with Gasteiger partial charge in [0.2, 0.25) is 5.43 Å². The van der Waals surface area contributed by atoms with E-state index < -0.39 is 5.91 Å². The van der Waals surface area contributed by atoms with Crippen LogP contribution in [0.2, 0.25) is 0 Å². The van der Waals surface area contributed by atoms with Crippen LogP contribution in [0.4, 0.5) is 0 Å². The minimum atomic E-state index is -0.428. The van der Waals surface area contributed by atoms with Crippen LogP contribution in [0.25, 0.3) is 10.9 Å². The predicted molar refractivity (Wildman–Crippen MR) is 81.5 cm³/mol. The molecule has 0 spiro atoms. The minimum absolute atomic E-state index is 0.0877. The Morgan fingerprint density at radius 2 is 2.05 bits per heavy atom. The van der Waals surface area contributed by atoms with E-state index in [1.807, 2.05) is 6.07 Å². The molecule has 3 aromatic rings. The molecule has 0 fully saturated rings. The van der Waals surface area contributed by atoms with Crippen molar-refractivity contribution in [2.24, 2.45) is 7.05 Å². The number of fused-ring (bicyclic) bond motifs is 1. The van der Waals surface area contributed by atoms with E-state index in [0.717, 1.165) is 0 Å². The summed E-state index contributed by atoms with van der Waals surface area (Å²) in [4.78, 5) is 26.4. The first-order chi connectivity index (χ1) is 10.6. The zero-order valence-corrected chi connectivity index (χ0v) is 12.3. The summed E-state index contributed by atoms with van der Waals surface area (Å²) < 4.78 is 6.76. The Labute approximate surface area is 126 Å². The van der Waals surface area contributed by atoms with Crippen molar-refractivity contribution in [3.63, 3.8) is 0 Å². The first-order valence-electron chi connectivity index (χ1n) is 6.82. The van der Waals surface area contributed by atoms with E-state index >= 15 is 0 Å². The molecule has 112 valence electrons. The van der Waals surface area contributed by atoms with Gasteiger partial charge < -0.3 is 9.32 Å². The van der Waals surface area contributed by atoms with Crippen molar-refractivity contribution >= 4 is 16.8 Å². The first kappa shape index (κ1) is 14.1. The van der Waals surface area contributed by atoms with Crippen LogP contribution >= 0.6 is 0 Å².